The summed E-state index contributed by atoms with van der Waals surface area (Å²) in [5, 5.41) is 3.03. The molecule has 0 atom stereocenters. The van der Waals surface area contributed by atoms with Crippen LogP contribution in [0.3, 0.4) is 0 Å². The Labute approximate surface area is 264 Å². The van der Waals surface area contributed by atoms with E-state index in [0.717, 1.165) is 24.2 Å². The predicted molar refractivity (Wildman–Crippen MR) is 170 cm³/mol. The number of ether oxygens (including phenoxy) is 3. The van der Waals surface area contributed by atoms with Crippen molar-refractivity contribution >= 4 is 34.8 Å². The molecule has 0 fully saturated rings. The van der Waals surface area contributed by atoms with Crippen molar-refractivity contribution in [3.8, 4) is 17.2 Å². The van der Waals surface area contributed by atoms with Crippen molar-refractivity contribution in [2.24, 2.45) is 10.8 Å². The number of carbonyl (C=O) groups excluding carboxylic acids is 3. The first-order chi connectivity index (χ1) is 20.7. The van der Waals surface area contributed by atoms with E-state index >= 15 is 0 Å². The fourth-order valence-corrected chi connectivity index (χ4v) is 6.94. The molecular formula is C35H41ClN2O6. The van der Waals surface area contributed by atoms with Crippen LogP contribution in [0.25, 0.3) is 0 Å². The second-order valence-electron chi connectivity index (χ2n) is 13.4. The highest BCUT2D eigenvalue weighted by Gasteiger charge is 2.48. The first kappa shape index (κ1) is 31.6. The van der Waals surface area contributed by atoms with Crippen molar-refractivity contribution in [2.45, 2.75) is 66.2 Å². The maximum absolute atomic E-state index is 13.8. The number of carbonyl (C=O) groups is 3. The molecule has 9 heteroatoms. The van der Waals surface area contributed by atoms with Gasteiger partial charge in [-0.15, -0.1) is 0 Å². The molecular weight excluding hydrogens is 580 g/mol. The molecule has 1 N–H and O–H groups in total. The van der Waals surface area contributed by atoms with Crippen molar-refractivity contribution in [2.75, 3.05) is 32.7 Å². The quantitative estimate of drug-likeness (QED) is 0.337. The van der Waals surface area contributed by atoms with Crippen molar-refractivity contribution in [3.63, 3.8) is 0 Å². The fourth-order valence-electron chi connectivity index (χ4n) is 6.66. The number of nitrogens with one attached hydrogen (secondary N) is 1. The van der Waals surface area contributed by atoms with Crippen molar-refractivity contribution in [1.82, 2.24) is 4.90 Å². The van der Waals surface area contributed by atoms with Gasteiger partial charge in [0.1, 0.15) is 5.75 Å². The third-order valence-corrected chi connectivity index (χ3v) is 8.85. The number of rotatable bonds is 8. The summed E-state index contributed by atoms with van der Waals surface area (Å²) in [5.74, 6) is 0.410. The molecule has 2 aromatic rings. The van der Waals surface area contributed by atoms with Gasteiger partial charge in [-0.25, -0.2) is 0 Å². The zero-order valence-electron chi connectivity index (χ0n) is 26.6. The summed E-state index contributed by atoms with van der Waals surface area (Å²) in [6.07, 6.45) is 2.25. The van der Waals surface area contributed by atoms with E-state index in [-0.39, 0.29) is 45.7 Å². The van der Waals surface area contributed by atoms with Crippen LogP contribution in [0.15, 0.2) is 58.9 Å². The van der Waals surface area contributed by atoms with Gasteiger partial charge in [-0.2, -0.15) is 0 Å². The Hall–Kier alpha value is -3.78. The number of nitrogens with zero attached hydrogens (tertiary/aromatic N) is 1. The molecule has 1 amide bonds. The van der Waals surface area contributed by atoms with Crippen LogP contribution in [0.5, 0.6) is 17.2 Å². The van der Waals surface area contributed by atoms with Gasteiger partial charge < -0.3 is 24.4 Å². The largest absolute Gasteiger partial charge is 0.497 e. The minimum atomic E-state index is -0.562. The fraction of sp³-hybridized carbons (Fsp3) is 0.457. The lowest BCUT2D eigenvalue weighted by atomic mass is 9.63. The molecule has 44 heavy (non-hydrogen) atoms. The molecule has 0 bridgehead atoms. The van der Waals surface area contributed by atoms with Crippen molar-refractivity contribution in [3.05, 3.63) is 69.5 Å². The lowest BCUT2D eigenvalue weighted by Crippen LogP contribution is -2.43. The van der Waals surface area contributed by atoms with E-state index < -0.39 is 5.92 Å². The number of halogens is 1. The van der Waals surface area contributed by atoms with Crippen molar-refractivity contribution in [1.29, 1.82) is 0 Å². The highest BCUT2D eigenvalue weighted by atomic mass is 35.5. The number of hydrogen-bond acceptors (Lipinski definition) is 7. The monoisotopic (exact) mass is 620 g/mol. The predicted octanol–water partition coefficient (Wildman–Crippen LogP) is 7.08. The van der Waals surface area contributed by atoms with Crippen LogP contribution >= 0.6 is 11.6 Å². The van der Waals surface area contributed by atoms with Crippen LogP contribution in [-0.4, -0.2) is 49.7 Å². The molecule has 0 saturated carbocycles. The standard InChI is InChI=1S/C35H41ClN2O6/c1-8-43-28-14-20(13-23(36)33(28)44-19-29(41)37-21-9-11-22(42-7)12-10-21)30-31-24(15-34(2,3)17-26(31)39)38(6)25-16-35(4,5)18-27(40)32(25)30/h9-14,30H,8,15-19H2,1-7H3,(H,37,41). The third-order valence-electron chi connectivity index (χ3n) is 8.57. The summed E-state index contributed by atoms with van der Waals surface area (Å²) in [5.41, 5.74) is 4.15. The van der Waals surface area contributed by atoms with E-state index in [2.05, 4.69) is 37.9 Å². The summed E-state index contributed by atoms with van der Waals surface area (Å²) < 4.78 is 17.0. The lowest BCUT2D eigenvalue weighted by molar-refractivity contribution is -0.120. The van der Waals surface area contributed by atoms with Crippen LogP contribution in [0.1, 0.15) is 71.8 Å². The lowest BCUT2D eigenvalue weighted by Gasteiger charge is -2.48. The zero-order chi connectivity index (χ0) is 32.0. The summed E-state index contributed by atoms with van der Waals surface area (Å²) in [4.78, 5) is 42.5. The van der Waals surface area contributed by atoms with Gasteiger partial charge in [-0.3, -0.25) is 14.4 Å². The molecule has 5 rings (SSSR count). The van der Waals surface area contributed by atoms with Gasteiger partial charge in [0.15, 0.2) is 29.7 Å². The Morgan fingerprint density at radius 1 is 0.932 bits per heavy atom. The Morgan fingerprint density at radius 2 is 1.50 bits per heavy atom. The van der Waals surface area contributed by atoms with Crippen LogP contribution < -0.4 is 19.5 Å². The van der Waals surface area contributed by atoms with Gasteiger partial charge in [0.25, 0.3) is 5.91 Å². The van der Waals surface area contributed by atoms with Crippen LogP contribution in [0.4, 0.5) is 5.69 Å². The van der Waals surface area contributed by atoms with E-state index in [0.29, 0.717) is 53.3 Å². The van der Waals surface area contributed by atoms with Gasteiger partial charge in [-0.05, 0) is 72.6 Å². The van der Waals surface area contributed by atoms with E-state index in [1.165, 1.54) is 0 Å². The maximum Gasteiger partial charge on any atom is 0.262 e. The topological polar surface area (TPSA) is 94.2 Å². The van der Waals surface area contributed by atoms with Crippen LogP contribution in [-0.2, 0) is 14.4 Å². The molecule has 0 unspecified atom stereocenters. The average Bonchev–Trinajstić information content (AvgIpc) is 2.93. The Balaban J connectivity index is 1.52. The van der Waals surface area contributed by atoms with Crippen molar-refractivity contribution < 1.29 is 28.6 Å². The first-order valence-corrected chi connectivity index (χ1v) is 15.4. The number of benzene rings is 2. The SMILES string of the molecule is CCOc1cc(C2C3=C(CC(C)(C)CC3=O)N(C)C3=C2C(=O)CC(C)(C)C3)cc(Cl)c1OCC(=O)Nc1ccc(OC)cc1. The minimum absolute atomic E-state index is 0.0434. The molecule has 1 aliphatic heterocycles. The van der Waals surface area contributed by atoms with E-state index in [1.807, 2.05) is 14.0 Å². The van der Waals surface area contributed by atoms with Gasteiger partial charge in [0, 0.05) is 54.0 Å². The number of ketones is 2. The number of amides is 1. The molecule has 0 radical (unpaired) electrons. The van der Waals surface area contributed by atoms with Gasteiger partial charge in [-0.1, -0.05) is 39.3 Å². The van der Waals surface area contributed by atoms with Crippen LogP contribution in [0.2, 0.25) is 5.02 Å². The molecule has 3 aliphatic rings. The molecule has 8 nitrogen and oxygen atoms in total. The van der Waals surface area contributed by atoms with E-state index in [1.54, 1.807) is 43.5 Å². The van der Waals surface area contributed by atoms with Gasteiger partial charge in [0.2, 0.25) is 0 Å². The Bertz CT molecular complexity index is 1520. The van der Waals surface area contributed by atoms with Gasteiger partial charge in [0.05, 0.1) is 18.7 Å². The second-order valence-corrected chi connectivity index (χ2v) is 13.8. The number of methoxy groups -OCH3 is 1. The summed E-state index contributed by atoms with van der Waals surface area (Å²) in [7, 11) is 3.56. The molecule has 1 heterocycles. The van der Waals surface area contributed by atoms with E-state index in [4.69, 9.17) is 25.8 Å². The molecule has 0 saturated heterocycles. The number of anilines is 1. The second kappa shape index (κ2) is 12.0. The number of hydrogen-bond donors (Lipinski definition) is 1. The highest BCUT2D eigenvalue weighted by molar-refractivity contribution is 6.32. The average molecular weight is 621 g/mol. The summed E-state index contributed by atoms with van der Waals surface area (Å²) in [6, 6.07) is 10.5. The molecule has 2 aromatic carbocycles. The van der Waals surface area contributed by atoms with Gasteiger partial charge >= 0.3 is 0 Å². The number of Topliss-reactive ketones (excluding diaryl/α,β-unsaturated/α-hetero) is 2. The van der Waals surface area contributed by atoms with E-state index in [9.17, 15) is 14.4 Å². The maximum atomic E-state index is 13.8. The normalized spacial score (nSPS) is 19.4. The Kier molecular flexibility index (Phi) is 8.60. The first-order valence-electron chi connectivity index (χ1n) is 15.0. The summed E-state index contributed by atoms with van der Waals surface area (Å²) >= 11 is 6.85. The highest BCUT2D eigenvalue weighted by Crippen LogP contribution is 2.55. The molecule has 234 valence electrons. The number of allylic oxidation sites excluding steroid dienone is 4. The Morgan fingerprint density at radius 3 is 2.02 bits per heavy atom. The summed E-state index contributed by atoms with van der Waals surface area (Å²) in [6.45, 7) is 10.3. The minimum Gasteiger partial charge on any atom is -0.497 e. The molecule has 0 spiro atoms. The smallest absolute Gasteiger partial charge is 0.262 e. The van der Waals surface area contributed by atoms with Crippen LogP contribution in [0, 0.1) is 10.8 Å². The molecule has 2 aliphatic carbocycles. The molecule has 0 aromatic heterocycles. The third kappa shape index (κ3) is 6.23. The zero-order valence-corrected chi connectivity index (χ0v) is 27.3.